The van der Waals surface area contributed by atoms with Crippen LogP contribution < -0.4 is 4.52 Å². The number of H-pyrrole nitrogens is 1. The summed E-state index contributed by atoms with van der Waals surface area (Å²) in [6, 6.07) is 4.67. The number of aromatic nitrogens is 1. The Morgan fingerprint density at radius 2 is 2.37 bits per heavy atom. The number of likely N-dealkylation sites (N-methyl/N-ethyl adjacent to an activating group) is 1. The highest BCUT2D eigenvalue weighted by Gasteiger charge is 2.19. The van der Waals surface area contributed by atoms with Crippen molar-refractivity contribution in [3.63, 3.8) is 0 Å². The third-order valence-corrected chi connectivity index (χ3v) is 2.99. The lowest BCUT2D eigenvalue weighted by atomic mass is 10.1. The van der Waals surface area contributed by atoms with Gasteiger partial charge in [-0.3, -0.25) is 9.79 Å². The largest absolute Gasteiger partial charge is 0.524 e. The van der Waals surface area contributed by atoms with Crippen molar-refractivity contribution in [1.82, 2.24) is 9.88 Å². The first-order valence-electron chi connectivity index (χ1n) is 7.56. The maximum Gasteiger partial charge on any atom is 0.524 e. The molecule has 0 aliphatic rings. The minimum absolute atomic E-state index is 0.0178. The number of aromatic amines is 1. The Kier molecular flexibility index (Phi) is 2.69. The number of rotatable bonds is 5. The number of hydrogen-bond donors (Lipinski definition) is 3. The molecule has 0 bridgehead atoms. The molecular weight excluding hydrogens is 267 g/mol. The summed E-state index contributed by atoms with van der Waals surface area (Å²) >= 11 is 0. The second kappa shape index (κ2) is 5.35. The third kappa shape index (κ3) is 3.58. The molecule has 1 unspecified atom stereocenters. The van der Waals surface area contributed by atoms with Crippen LogP contribution in [0.3, 0.4) is 0 Å². The Hall–Kier alpha value is -1.33. The maximum atomic E-state index is 11.1. The SMILES string of the molecule is [2H]C(Cc1c[nH]c2cccc(OP(=O)(O)O)c12)N(C)C([2H])([2H])[2H]. The molecule has 1 aromatic carbocycles. The van der Waals surface area contributed by atoms with Crippen LogP contribution in [0.25, 0.3) is 10.9 Å². The van der Waals surface area contributed by atoms with Crippen molar-refractivity contribution in [2.24, 2.45) is 0 Å². The first kappa shape index (κ1) is 9.55. The van der Waals surface area contributed by atoms with Gasteiger partial charge in [0, 0.05) is 29.1 Å². The number of hydrogen-bond acceptors (Lipinski definition) is 3. The average molecular weight is 288 g/mol. The number of benzene rings is 1. The molecule has 2 aromatic rings. The van der Waals surface area contributed by atoms with Gasteiger partial charge in [-0.15, -0.1) is 0 Å². The zero-order valence-electron chi connectivity index (χ0n) is 14.2. The van der Waals surface area contributed by atoms with Gasteiger partial charge in [-0.1, -0.05) is 6.07 Å². The molecule has 0 fully saturated rings. The van der Waals surface area contributed by atoms with Crippen molar-refractivity contribution in [2.45, 2.75) is 6.42 Å². The molecular formula is C12H17N2O4P. The van der Waals surface area contributed by atoms with Crippen LogP contribution in [0.2, 0.25) is 0 Å². The van der Waals surface area contributed by atoms with E-state index < -0.39 is 21.3 Å². The monoisotopic (exact) mass is 288 g/mol. The number of phosphoric acid groups is 1. The van der Waals surface area contributed by atoms with Gasteiger partial charge in [0.2, 0.25) is 0 Å². The molecule has 6 nitrogen and oxygen atoms in total. The van der Waals surface area contributed by atoms with E-state index in [0.29, 0.717) is 16.5 Å². The minimum atomic E-state index is -4.73. The number of phosphoric ester groups is 1. The summed E-state index contributed by atoms with van der Waals surface area (Å²) in [6.45, 7) is -3.45. The lowest BCUT2D eigenvalue weighted by Crippen LogP contribution is -2.14. The van der Waals surface area contributed by atoms with Crippen molar-refractivity contribution >= 4 is 18.7 Å². The fourth-order valence-electron chi connectivity index (χ4n) is 1.82. The van der Waals surface area contributed by atoms with Crippen molar-refractivity contribution in [2.75, 3.05) is 20.5 Å². The van der Waals surface area contributed by atoms with Gasteiger partial charge in [-0.05, 0) is 38.1 Å². The van der Waals surface area contributed by atoms with Crippen molar-refractivity contribution in [3.05, 3.63) is 30.0 Å². The van der Waals surface area contributed by atoms with E-state index in [1.165, 1.54) is 13.1 Å². The molecule has 1 atom stereocenters. The topological polar surface area (TPSA) is 85.8 Å². The van der Waals surface area contributed by atoms with Gasteiger partial charge < -0.3 is 14.4 Å². The van der Waals surface area contributed by atoms with Crippen LogP contribution in [0.1, 0.15) is 11.0 Å². The van der Waals surface area contributed by atoms with Crippen LogP contribution >= 0.6 is 7.82 Å². The summed E-state index contributed by atoms with van der Waals surface area (Å²) in [4.78, 5) is 21.9. The molecule has 0 aliphatic carbocycles. The molecule has 0 spiro atoms. The smallest absolute Gasteiger partial charge is 0.404 e. The molecule has 3 N–H and O–H groups in total. The third-order valence-electron chi connectivity index (χ3n) is 2.55. The molecule has 0 aliphatic heterocycles. The first-order chi connectivity index (χ1) is 10.5. The van der Waals surface area contributed by atoms with Gasteiger partial charge in [-0.25, -0.2) is 4.57 Å². The molecule has 1 heterocycles. The normalized spacial score (nSPS) is 17.7. The van der Waals surface area contributed by atoms with E-state index in [1.54, 1.807) is 18.3 Å². The first-order valence-corrected chi connectivity index (χ1v) is 7.01. The van der Waals surface area contributed by atoms with E-state index in [4.69, 9.17) is 15.3 Å². The molecule has 0 saturated heterocycles. The summed E-state index contributed by atoms with van der Waals surface area (Å²) in [5.41, 5.74) is 1.12. The second-order valence-corrected chi connectivity index (χ2v) is 5.24. The number of nitrogens with one attached hydrogen (secondary N) is 1. The Morgan fingerprint density at radius 3 is 3.05 bits per heavy atom. The maximum absolute atomic E-state index is 11.1. The van der Waals surface area contributed by atoms with Gasteiger partial charge in [0.25, 0.3) is 0 Å². The summed E-state index contributed by atoms with van der Waals surface area (Å²) in [5, 5.41) is 0.423. The molecule has 7 heteroatoms. The Morgan fingerprint density at radius 1 is 1.58 bits per heavy atom. The number of nitrogens with zero attached hydrogens (tertiary/aromatic N) is 1. The Labute approximate surface area is 116 Å². The number of fused-ring (bicyclic) bond motifs is 1. The van der Waals surface area contributed by atoms with E-state index in [2.05, 4.69) is 9.51 Å². The predicted molar refractivity (Wildman–Crippen MR) is 73.2 cm³/mol. The average Bonchev–Trinajstić information content (AvgIpc) is 2.79. The number of aryl methyl sites for hydroxylation is 1. The molecule has 19 heavy (non-hydrogen) atoms. The molecule has 0 saturated carbocycles. The van der Waals surface area contributed by atoms with Crippen molar-refractivity contribution in [3.8, 4) is 5.75 Å². The molecule has 2 rings (SSSR count). The molecule has 0 radical (unpaired) electrons. The summed E-state index contributed by atoms with van der Waals surface area (Å²) in [7, 11) is -3.40. The van der Waals surface area contributed by atoms with E-state index in [1.807, 2.05) is 0 Å². The van der Waals surface area contributed by atoms with Crippen LogP contribution in [-0.4, -0.2) is 40.2 Å². The van der Waals surface area contributed by atoms with E-state index >= 15 is 0 Å². The highest BCUT2D eigenvalue weighted by molar-refractivity contribution is 7.46. The highest BCUT2D eigenvalue weighted by atomic mass is 31.2. The quantitative estimate of drug-likeness (QED) is 0.730. The van der Waals surface area contributed by atoms with Crippen molar-refractivity contribution in [1.29, 1.82) is 0 Å². The van der Waals surface area contributed by atoms with Gasteiger partial charge in [0.15, 0.2) is 0 Å². The fraction of sp³-hybridized carbons (Fsp3) is 0.333. The summed E-state index contributed by atoms with van der Waals surface area (Å²) in [5.74, 6) is -0.0178. The highest BCUT2D eigenvalue weighted by Crippen LogP contribution is 2.41. The van der Waals surface area contributed by atoms with E-state index in [0.717, 1.165) is 4.90 Å². The summed E-state index contributed by atoms with van der Waals surface area (Å²) in [6.07, 6.45) is 1.63. The summed E-state index contributed by atoms with van der Waals surface area (Å²) < 4.78 is 45.7. The van der Waals surface area contributed by atoms with Crippen LogP contribution in [-0.2, 0) is 11.0 Å². The van der Waals surface area contributed by atoms with Crippen LogP contribution in [0.5, 0.6) is 5.75 Å². The Balaban J connectivity index is 2.37. The standard InChI is InChI=1S/C12H17N2O4P/c1-14(2)7-6-9-8-13-10-4-3-5-11(12(9)10)18-19(15,16)17/h3-5,8,13H,6-7H2,1-2H3,(H2,15,16,17)/i1D3,7D. The molecule has 0 amide bonds. The van der Waals surface area contributed by atoms with Crippen LogP contribution in [0.15, 0.2) is 24.4 Å². The molecule has 104 valence electrons. The van der Waals surface area contributed by atoms with E-state index in [-0.39, 0.29) is 12.2 Å². The van der Waals surface area contributed by atoms with E-state index in [9.17, 15) is 4.57 Å². The van der Waals surface area contributed by atoms with Gasteiger partial charge >= 0.3 is 7.82 Å². The Bertz CT molecular complexity index is 742. The second-order valence-electron chi connectivity index (χ2n) is 4.07. The van der Waals surface area contributed by atoms with Gasteiger partial charge in [-0.2, -0.15) is 0 Å². The lowest BCUT2D eigenvalue weighted by molar-refractivity contribution is 0.284. The van der Waals surface area contributed by atoms with Crippen LogP contribution in [0, 0.1) is 0 Å². The lowest BCUT2D eigenvalue weighted by Gasteiger charge is -2.11. The van der Waals surface area contributed by atoms with Gasteiger partial charge in [0.1, 0.15) is 5.75 Å². The minimum Gasteiger partial charge on any atom is -0.404 e. The zero-order valence-corrected chi connectivity index (χ0v) is 11.1. The van der Waals surface area contributed by atoms with Crippen LogP contribution in [0.4, 0.5) is 0 Å². The molecule has 1 aromatic heterocycles. The fourth-order valence-corrected chi connectivity index (χ4v) is 2.23. The van der Waals surface area contributed by atoms with Gasteiger partial charge in [0.05, 0.1) is 0 Å². The zero-order chi connectivity index (χ0) is 17.4. The van der Waals surface area contributed by atoms with Crippen molar-refractivity contribution < 1.29 is 24.4 Å². The predicted octanol–water partition coefficient (Wildman–Crippen LogP) is 1.74.